The van der Waals surface area contributed by atoms with Crippen molar-refractivity contribution in [1.29, 1.82) is 0 Å². The highest BCUT2D eigenvalue weighted by atomic mass is 14.7. The van der Waals surface area contributed by atoms with Crippen LogP contribution < -0.4 is 0 Å². The lowest BCUT2D eigenvalue weighted by atomic mass is 9.37. The molecule has 3 fully saturated rings. The Morgan fingerprint density at radius 2 is 1.43 bits per heavy atom. The van der Waals surface area contributed by atoms with Gasteiger partial charge in [0.25, 0.3) is 0 Å². The van der Waals surface area contributed by atoms with E-state index in [4.69, 9.17) is 0 Å². The second-order valence-corrected chi connectivity index (χ2v) is 13.0. The summed E-state index contributed by atoms with van der Waals surface area (Å²) in [5, 5.41) is 0. The van der Waals surface area contributed by atoms with Crippen LogP contribution in [0.15, 0.2) is 61.3 Å². The van der Waals surface area contributed by atoms with Gasteiger partial charge in [-0.25, -0.2) is 0 Å². The smallest absolute Gasteiger partial charge is 0.0249 e. The second kappa shape index (κ2) is 13.3. The first-order chi connectivity index (χ1) is 16.3. The minimum absolute atomic E-state index is 0.492. The van der Waals surface area contributed by atoms with E-state index in [-0.39, 0.29) is 0 Å². The van der Waals surface area contributed by atoms with Crippen molar-refractivity contribution < 1.29 is 0 Å². The Kier molecular flexibility index (Phi) is 12.1. The molecule has 0 N–H and O–H groups in total. The van der Waals surface area contributed by atoms with Gasteiger partial charge in [0.2, 0.25) is 0 Å². The Morgan fingerprint density at radius 1 is 0.829 bits per heavy atom. The topological polar surface area (TPSA) is 0 Å². The van der Waals surface area contributed by atoms with E-state index in [0.29, 0.717) is 16.2 Å². The molecule has 0 heteroatoms. The van der Waals surface area contributed by atoms with Crippen molar-refractivity contribution in [1.82, 2.24) is 0 Å². The summed E-state index contributed by atoms with van der Waals surface area (Å²) in [6, 6.07) is 0. The quantitative estimate of drug-likeness (QED) is 0.343. The lowest BCUT2D eigenvalue weighted by Crippen LogP contribution is -2.60. The second-order valence-electron chi connectivity index (χ2n) is 13.0. The van der Waals surface area contributed by atoms with Crippen molar-refractivity contribution in [2.75, 3.05) is 0 Å². The van der Waals surface area contributed by atoms with Crippen molar-refractivity contribution in [3.8, 4) is 0 Å². The maximum atomic E-state index is 4.28. The lowest BCUT2D eigenvalue weighted by molar-refractivity contribution is -0.184. The Labute approximate surface area is 221 Å². The van der Waals surface area contributed by atoms with Crippen LogP contribution in [0.25, 0.3) is 0 Å². The van der Waals surface area contributed by atoms with Gasteiger partial charge in [0.1, 0.15) is 0 Å². The Balaban J connectivity index is 0.000000523. The van der Waals surface area contributed by atoms with Gasteiger partial charge in [0, 0.05) is 0 Å². The summed E-state index contributed by atoms with van der Waals surface area (Å²) in [7, 11) is 0. The van der Waals surface area contributed by atoms with Crippen molar-refractivity contribution in [3.05, 3.63) is 61.3 Å². The van der Waals surface area contributed by atoms with Gasteiger partial charge in [-0.1, -0.05) is 123 Å². The fraction of sp³-hybridized carbons (Fsp3) is 0.714. The van der Waals surface area contributed by atoms with Gasteiger partial charge >= 0.3 is 0 Å². The first-order valence-corrected chi connectivity index (χ1v) is 14.6. The van der Waals surface area contributed by atoms with E-state index in [0.717, 1.165) is 36.0 Å². The average molecular weight is 481 g/mol. The van der Waals surface area contributed by atoms with Gasteiger partial charge < -0.3 is 0 Å². The highest BCUT2D eigenvalue weighted by molar-refractivity contribution is 5.17. The molecule has 0 heterocycles. The monoisotopic (exact) mass is 480 g/mol. The minimum atomic E-state index is 0.492. The molecule has 7 unspecified atom stereocenters. The molecular weight excluding hydrogens is 420 g/mol. The maximum absolute atomic E-state index is 4.28. The summed E-state index contributed by atoms with van der Waals surface area (Å²) < 4.78 is 0. The standard InChI is InChI=1S/C25H42.C8H12.C2H6/c1-9-17(2)16-20-18(3)10-11-22-24(20,7)15-13-21-23(5,6)19(4)12-14-25(21,22)8;1-4-5-6-7-8(2)3;1-2/h9,18-22H,1-2,10-16H2,3-8H3;4-7H,1H2,2-3H3;1-2H3/b;6-5+;. The van der Waals surface area contributed by atoms with Gasteiger partial charge in [0.05, 0.1) is 0 Å². The Bertz CT molecular complexity index is 757. The summed E-state index contributed by atoms with van der Waals surface area (Å²) in [5.41, 5.74) is 4.09. The fourth-order valence-corrected chi connectivity index (χ4v) is 8.28. The lowest BCUT2D eigenvalue weighted by Gasteiger charge is -2.67. The molecule has 3 rings (SSSR count). The normalized spacial score (nSPS) is 37.3. The van der Waals surface area contributed by atoms with Crippen molar-refractivity contribution in [2.24, 2.45) is 45.8 Å². The number of hydrogen-bond acceptors (Lipinski definition) is 0. The number of allylic oxidation sites excluding steroid dienone is 7. The number of rotatable bonds is 5. The number of fused-ring (bicyclic) bond motifs is 3. The van der Waals surface area contributed by atoms with Crippen LogP contribution in [-0.2, 0) is 0 Å². The SMILES string of the molecule is C=C/C=C/C=C(C)C.C=CC(=C)CC1C(C)CCC2C1(C)CCC1C(C)(C)C(C)CCC12C.CC. The molecule has 200 valence electrons. The van der Waals surface area contributed by atoms with E-state index in [1.165, 1.54) is 49.7 Å². The van der Waals surface area contributed by atoms with E-state index in [9.17, 15) is 0 Å². The van der Waals surface area contributed by atoms with E-state index in [1.807, 2.05) is 38.2 Å². The van der Waals surface area contributed by atoms with Crippen LogP contribution in [0, 0.1) is 45.8 Å². The van der Waals surface area contributed by atoms with Gasteiger partial charge in [-0.05, 0) is 98.2 Å². The molecule has 0 amide bonds. The Hall–Kier alpha value is -1.30. The molecule has 35 heavy (non-hydrogen) atoms. The van der Waals surface area contributed by atoms with Crippen LogP contribution in [-0.4, -0.2) is 0 Å². The molecule has 0 aromatic rings. The zero-order valence-electron chi connectivity index (χ0n) is 25.3. The molecule has 0 aromatic carbocycles. The molecule has 0 bridgehead atoms. The minimum Gasteiger partial charge on any atom is -0.0991 e. The molecule has 7 atom stereocenters. The van der Waals surface area contributed by atoms with Crippen molar-refractivity contribution >= 4 is 0 Å². The van der Waals surface area contributed by atoms with Gasteiger partial charge in [-0.3, -0.25) is 0 Å². The largest absolute Gasteiger partial charge is 0.0991 e. The van der Waals surface area contributed by atoms with Crippen LogP contribution in [0.1, 0.15) is 114 Å². The molecule has 0 aromatic heterocycles. The first kappa shape index (κ1) is 31.7. The van der Waals surface area contributed by atoms with Gasteiger partial charge in [-0.15, -0.1) is 0 Å². The van der Waals surface area contributed by atoms with Crippen LogP contribution in [0.2, 0.25) is 0 Å². The molecule has 0 spiro atoms. The number of hydrogen-bond donors (Lipinski definition) is 0. The van der Waals surface area contributed by atoms with Gasteiger partial charge in [0.15, 0.2) is 0 Å². The van der Waals surface area contributed by atoms with Crippen molar-refractivity contribution in [3.63, 3.8) is 0 Å². The fourth-order valence-electron chi connectivity index (χ4n) is 8.28. The summed E-state index contributed by atoms with van der Waals surface area (Å²) >= 11 is 0. The van der Waals surface area contributed by atoms with E-state index in [1.54, 1.807) is 6.08 Å². The van der Waals surface area contributed by atoms with Crippen LogP contribution in [0.3, 0.4) is 0 Å². The highest BCUT2D eigenvalue weighted by Crippen LogP contribution is 2.70. The molecule has 3 saturated carbocycles. The average Bonchev–Trinajstić information content (AvgIpc) is 2.80. The Morgan fingerprint density at radius 3 is 1.97 bits per heavy atom. The van der Waals surface area contributed by atoms with Crippen molar-refractivity contribution in [2.45, 2.75) is 114 Å². The molecule has 3 aliphatic rings. The van der Waals surface area contributed by atoms with E-state index < -0.39 is 0 Å². The van der Waals surface area contributed by atoms with E-state index in [2.05, 4.69) is 75.1 Å². The third-order valence-electron chi connectivity index (χ3n) is 10.5. The van der Waals surface area contributed by atoms with E-state index >= 15 is 0 Å². The third-order valence-corrected chi connectivity index (χ3v) is 10.5. The summed E-state index contributed by atoms with van der Waals surface area (Å²) in [4.78, 5) is 0. The molecule has 0 aliphatic heterocycles. The summed E-state index contributed by atoms with van der Waals surface area (Å²) in [5.74, 6) is 4.28. The predicted molar refractivity (Wildman–Crippen MR) is 161 cm³/mol. The first-order valence-electron chi connectivity index (χ1n) is 14.6. The van der Waals surface area contributed by atoms with Gasteiger partial charge in [-0.2, -0.15) is 0 Å². The predicted octanol–water partition coefficient (Wildman–Crippen LogP) is 11.4. The van der Waals surface area contributed by atoms with Crippen LogP contribution in [0.4, 0.5) is 0 Å². The summed E-state index contributed by atoms with van der Waals surface area (Å²) in [6.45, 7) is 35.4. The third kappa shape index (κ3) is 6.93. The summed E-state index contributed by atoms with van der Waals surface area (Å²) in [6.07, 6.45) is 19.4. The zero-order chi connectivity index (χ0) is 27.0. The zero-order valence-corrected chi connectivity index (χ0v) is 25.3. The molecule has 0 nitrogen and oxygen atoms in total. The highest BCUT2D eigenvalue weighted by Gasteiger charge is 2.62. The molecule has 3 aliphatic carbocycles. The molecule has 0 saturated heterocycles. The van der Waals surface area contributed by atoms with Crippen LogP contribution >= 0.6 is 0 Å². The maximum Gasteiger partial charge on any atom is -0.0249 e. The molecular formula is C35H60. The molecule has 0 radical (unpaired) electrons. The van der Waals surface area contributed by atoms with Crippen LogP contribution in [0.5, 0.6) is 0 Å².